The van der Waals surface area contributed by atoms with Gasteiger partial charge in [-0.05, 0) is 52.9 Å². The Kier molecular flexibility index (Phi) is 33.2. The number of aliphatic hydroxyl groups is 1. The van der Waals surface area contributed by atoms with Gasteiger partial charge < -0.3 is 15.7 Å². The lowest BCUT2D eigenvalue weighted by atomic mass is 10.3. The molecule has 0 spiro atoms. The zero-order chi connectivity index (χ0) is 11.1. The van der Waals surface area contributed by atoms with Crippen LogP contribution in [0.5, 0.6) is 0 Å². The molecule has 3 nitrogen and oxygen atoms in total. The lowest BCUT2D eigenvalue weighted by molar-refractivity contribution is 0.284. The lowest BCUT2D eigenvalue weighted by Crippen LogP contribution is -2.07. The number of hydrogen-bond acceptors (Lipinski definition) is 3. The van der Waals surface area contributed by atoms with Gasteiger partial charge in [0.15, 0.2) is 0 Å². The Morgan fingerprint density at radius 1 is 0.933 bits per heavy atom. The van der Waals surface area contributed by atoms with Crippen LogP contribution in [0.3, 0.4) is 0 Å². The first-order valence-corrected chi connectivity index (χ1v) is 5.83. The Hall–Kier alpha value is 0.460. The zero-order valence-corrected chi connectivity index (χ0v) is 11.5. The summed E-state index contributed by atoms with van der Waals surface area (Å²) in [5.74, 6) is 0.793. The smallest absolute Gasteiger partial charge is 0.0431 e. The van der Waals surface area contributed by atoms with Crippen molar-refractivity contribution in [3.63, 3.8) is 0 Å². The van der Waals surface area contributed by atoms with E-state index in [1.807, 2.05) is 14.1 Å². The summed E-state index contributed by atoms with van der Waals surface area (Å²) in [4.78, 5) is 0. The Morgan fingerprint density at radius 3 is 1.73 bits per heavy atom. The molecule has 0 aliphatic rings. The Bertz CT molecular complexity index is 69.8. The summed E-state index contributed by atoms with van der Waals surface area (Å²) in [7, 11) is 3.87. The first kappa shape index (κ1) is 20.8. The van der Waals surface area contributed by atoms with Gasteiger partial charge in [0, 0.05) is 12.5 Å². The number of rotatable bonds is 8. The van der Waals surface area contributed by atoms with E-state index in [2.05, 4.69) is 10.6 Å². The van der Waals surface area contributed by atoms with Crippen molar-refractivity contribution in [1.82, 2.24) is 10.6 Å². The van der Waals surface area contributed by atoms with Crippen LogP contribution in [0.1, 0.15) is 25.7 Å². The Morgan fingerprint density at radius 2 is 1.40 bits per heavy atom. The van der Waals surface area contributed by atoms with E-state index >= 15 is 0 Å². The van der Waals surface area contributed by atoms with Crippen LogP contribution in [-0.2, 0) is 0 Å². The summed E-state index contributed by atoms with van der Waals surface area (Å²) < 4.78 is 0. The predicted molar refractivity (Wildman–Crippen MR) is 71.4 cm³/mol. The second-order valence-electron chi connectivity index (χ2n) is 3.03. The van der Waals surface area contributed by atoms with E-state index < -0.39 is 0 Å². The van der Waals surface area contributed by atoms with Gasteiger partial charge in [0.25, 0.3) is 0 Å². The summed E-state index contributed by atoms with van der Waals surface area (Å²) in [6.07, 6.45) is 4.32. The fourth-order valence-corrected chi connectivity index (χ4v) is 0.999. The van der Waals surface area contributed by atoms with Crippen LogP contribution in [0.15, 0.2) is 0 Å². The fourth-order valence-electron chi connectivity index (χ4n) is 0.810. The first-order chi connectivity index (χ1) is 6.83. The highest BCUT2D eigenvalue weighted by atomic mass is 35.5. The molecule has 0 fully saturated rings. The minimum atomic E-state index is 0. The molecule has 0 aliphatic carbocycles. The number of aliphatic hydroxyl groups excluding tert-OH is 1. The van der Waals surface area contributed by atoms with E-state index in [1.165, 1.54) is 6.42 Å². The number of nitrogens with one attached hydrogen (secondary N) is 2. The zero-order valence-electron chi connectivity index (χ0n) is 9.89. The normalized spacial score (nSPS) is 8.80. The van der Waals surface area contributed by atoms with Crippen molar-refractivity contribution in [2.45, 2.75) is 25.7 Å². The Labute approximate surface area is 105 Å². The van der Waals surface area contributed by atoms with Gasteiger partial charge in [-0.2, -0.15) is 0 Å². The van der Waals surface area contributed by atoms with E-state index in [9.17, 15) is 0 Å². The quantitative estimate of drug-likeness (QED) is 0.459. The van der Waals surface area contributed by atoms with E-state index in [0.717, 1.165) is 38.2 Å². The first-order valence-electron chi connectivity index (χ1n) is 5.29. The van der Waals surface area contributed by atoms with Crippen molar-refractivity contribution in [2.75, 3.05) is 39.7 Å². The second-order valence-corrected chi connectivity index (χ2v) is 3.41. The van der Waals surface area contributed by atoms with Gasteiger partial charge in [-0.25, -0.2) is 0 Å². The molecule has 96 valence electrons. The van der Waals surface area contributed by atoms with Crippen molar-refractivity contribution in [1.29, 1.82) is 0 Å². The molecule has 0 aromatic heterocycles. The molecule has 0 aromatic rings. The number of hydrogen-bond donors (Lipinski definition) is 3. The molecular formula is C10H26Cl2N2O. The molecule has 0 amide bonds. The predicted octanol–water partition coefficient (Wildman–Crippen LogP) is 1.62. The van der Waals surface area contributed by atoms with E-state index in [4.69, 9.17) is 16.7 Å². The maximum atomic E-state index is 8.27. The van der Waals surface area contributed by atoms with E-state index in [0.29, 0.717) is 6.61 Å². The standard InChI is InChI=1S/C5H12ClN.C5H13NO.ClH/c1-7-5-3-2-4-6;1-6-4-2-3-5-7;/h7H,2-5H2,1H3;6-7H,2-5H2,1H3;1H. The Balaban J connectivity index is -0.000000180. The molecule has 0 atom stereocenters. The highest BCUT2D eigenvalue weighted by Crippen LogP contribution is 1.87. The third-order valence-corrected chi connectivity index (χ3v) is 1.91. The van der Waals surface area contributed by atoms with Gasteiger partial charge in [-0.1, -0.05) is 0 Å². The number of alkyl halides is 1. The second kappa shape index (κ2) is 23.9. The molecule has 0 aromatic carbocycles. The van der Waals surface area contributed by atoms with Crippen LogP contribution < -0.4 is 10.6 Å². The molecular weight excluding hydrogens is 235 g/mol. The van der Waals surface area contributed by atoms with Gasteiger partial charge in [-0.15, -0.1) is 24.0 Å². The van der Waals surface area contributed by atoms with Crippen molar-refractivity contribution >= 4 is 24.0 Å². The highest BCUT2D eigenvalue weighted by molar-refractivity contribution is 6.17. The average molecular weight is 261 g/mol. The molecule has 5 heteroatoms. The number of halogens is 2. The molecule has 3 N–H and O–H groups in total. The van der Waals surface area contributed by atoms with E-state index in [1.54, 1.807) is 0 Å². The number of unbranched alkanes of at least 4 members (excludes halogenated alkanes) is 2. The molecule has 0 bridgehead atoms. The van der Waals surface area contributed by atoms with Gasteiger partial charge in [0.2, 0.25) is 0 Å². The molecule has 15 heavy (non-hydrogen) atoms. The van der Waals surface area contributed by atoms with Crippen LogP contribution >= 0.6 is 24.0 Å². The SMILES string of the molecule is CNCCCCCl.CNCCCCO.Cl. The third kappa shape index (κ3) is 31.4. The van der Waals surface area contributed by atoms with Crippen LogP contribution in [0.2, 0.25) is 0 Å². The average Bonchev–Trinajstić information content (AvgIpc) is 2.21. The summed E-state index contributed by atoms with van der Waals surface area (Å²) in [6.45, 7) is 2.43. The van der Waals surface area contributed by atoms with Gasteiger partial charge >= 0.3 is 0 Å². The monoisotopic (exact) mass is 260 g/mol. The van der Waals surface area contributed by atoms with Gasteiger partial charge in [0.1, 0.15) is 0 Å². The highest BCUT2D eigenvalue weighted by Gasteiger charge is 1.80. The maximum Gasteiger partial charge on any atom is 0.0431 e. The summed E-state index contributed by atoms with van der Waals surface area (Å²) >= 11 is 5.41. The van der Waals surface area contributed by atoms with Crippen molar-refractivity contribution in [2.24, 2.45) is 0 Å². The molecule has 0 saturated carbocycles. The van der Waals surface area contributed by atoms with Gasteiger partial charge in [-0.3, -0.25) is 0 Å². The molecule has 0 saturated heterocycles. The third-order valence-electron chi connectivity index (χ3n) is 1.65. The minimum Gasteiger partial charge on any atom is -0.396 e. The summed E-state index contributed by atoms with van der Waals surface area (Å²) in [6, 6.07) is 0. The molecule has 0 rings (SSSR count). The van der Waals surface area contributed by atoms with Crippen LogP contribution in [0, 0.1) is 0 Å². The molecule has 0 heterocycles. The van der Waals surface area contributed by atoms with Gasteiger partial charge in [0.05, 0.1) is 0 Å². The summed E-state index contributed by atoms with van der Waals surface area (Å²) in [5.41, 5.74) is 0. The minimum absolute atomic E-state index is 0. The molecule has 0 aliphatic heterocycles. The fraction of sp³-hybridized carbons (Fsp3) is 1.00. The lowest BCUT2D eigenvalue weighted by Gasteiger charge is -1.92. The van der Waals surface area contributed by atoms with Crippen molar-refractivity contribution < 1.29 is 5.11 Å². The largest absolute Gasteiger partial charge is 0.396 e. The van der Waals surface area contributed by atoms with Crippen molar-refractivity contribution in [3.8, 4) is 0 Å². The summed E-state index contributed by atoms with van der Waals surface area (Å²) in [5, 5.41) is 14.3. The van der Waals surface area contributed by atoms with E-state index in [-0.39, 0.29) is 12.4 Å². The van der Waals surface area contributed by atoms with Crippen LogP contribution in [-0.4, -0.2) is 44.8 Å². The topological polar surface area (TPSA) is 44.3 Å². The maximum absolute atomic E-state index is 8.27. The van der Waals surface area contributed by atoms with Crippen molar-refractivity contribution in [3.05, 3.63) is 0 Å². The van der Waals surface area contributed by atoms with Crippen LogP contribution in [0.4, 0.5) is 0 Å². The molecule has 0 unspecified atom stereocenters. The molecule has 0 radical (unpaired) electrons. The van der Waals surface area contributed by atoms with Crippen LogP contribution in [0.25, 0.3) is 0 Å².